The van der Waals surface area contributed by atoms with Crippen molar-refractivity contribution in [1.29, 1.82) is 0 Å². The van der Waals surface area contributed by atoms with Crippen molar-refractivity contribution < 1.29 is 53.1 Å². The molecule has 1 aliphatic heterocycles. The van der Waals surface area contributed by atoms with Gasteiger partial charge in [-0.05, 0) is 130 Å². The molecule has 1 saturated heterocycles. The van der Waals surface area contributed by atoms with Crippen LogP contribution in [0.3, 0.4) is 0 Å². The number of nitrogens with zero attached hydrogens (tertiary/aromatic N) is 5. The molecule has 0 radical (unpaired) electrons. The van der Waals surface area contributed by atoms with E-state index < -0.39 is 114 Å². The fraction of sp³-hybridized carbons (Fsp3) is 0.720. The summed E-state index contributed by atoms with van der Waals surface area (Å²) in [6, 6.07) is -11.9. The first-order valence-electron chi connectivity index (χ1n) is 28.4. The minimum Gasteiger partial charge on any atom is -0.391 e. The van der Waals surface area contributed by atoms with E-state index in [0.29, 0.717) is 45.1 Å². The molecule has 10 amide bonds. The Bertz CT molecular complexity index is 2310. The average molecular weight is 1210 g/mol. The number of aliphatic hydroxyl groups excluding tert-OH is 1. The van der Waals surface area contributed by atoms with E-state index in [0.717, 1.165) is 0 Å². The van der Waals surface area contributed by atoms with Crippen molar-refractivity contribution in [3.63, 3.8) is 0 Å². The molecule has 0 unspecified atom stereocenters. The Morgan fingerprint density at radius 3 is 1.01 bits per heavy atom. The van der Waals surface area contributed by atoms with E-state index >= 15 is 0 Å². The second-order valence-corrected chi connectivity index (χ2v) is 20.5. The number of amides is 10. The smallest absolute Gasteiger partial charge is 0.243 e. The number of aliphatic hydroxyl groups is 1. The monoisotopic (exact) mass is 1210 g/mol. The van der Waals surface area contributed by atoms with E-state index in [-0.39, 0.29) is 133 Å². The number of primary amides is 1. The van der Waals surface area contributed by atoms with E-state index in [1.54, 1.807) is 0 Å². The Kier molecular flexibility index (Phi) is 35.8. The fourth-order valence-electron chi connectivity index (χ4n) is 8.75. The Morgan fingerprint density at radius 1 is 0.447 bits per heavy atom. The van der Waals surface area contributed by atoms with Crippen LogP contribution in [0.2, 0.25) is 0 Å². The van der Waals surface area contributed by atoms with E-state index in [4.69, 9.17) is 63.1 Å². The van der Waals surface area contributed by atoms with E-state index in [9.17, 15) is 53.1 Å². The summed E-state index contributed by atoms with van der Waals surface area (Å²) >= 11 is 0. The number of unbranched alkanes of at least 4 members (excludes halogenated alkanes) is 2. The van der Waals surface area contributed by atoms with Gasteiger partial charge in [0.05, 0.1) is 6.10 Å². The summed E-state index contributed by atoms with van der Waals surface area (Å²) in [5.41, 5.74) is 61.2. The van der Waals surface area contributed by atoms with Crippen molar-refractivity contribution in [1.82, 2.24) is 47.4 Å². The molecule has 0 saturated carbocycles. The van der Waals surface area contributed by atoms with Crippen LogP contribution in [0.5, 0.6) is 0 Å². The molecule has 1 heterocycles. The number of likely N-dealkylation sites (tertiary alicyclic amines) is 1. The van der Waals surface area contributed by atoms with Gasteiger partial charge in [-0.25, -0.2) is 0 Å². The lowest BCUT2D eigenvalue weighted by atomic mass is 10.0. The first kappa shape index (κ1) is 74.7. The second kappa shape index (κ2) is 40.8. The van der Waals surface area contributed by atoms with Gasteiger partial charge >= 0.3 is 0 Å². The quantitative estimate of drug-likeness (QED) is 0.0153. The SMILES string of the molecule is CC(=O)N1CCC[C@H]1C(=O)N[C@@H](C)C(=O)N[C@@H](CCCN=C(N)N)C(=O)N[C@@H](CCCN=C(N)N)C(=O)N[C@@H](CCCN=C(N)N)C(=O)N[C@@H](CCCCN)C(=O)N[C@@H](CCCCN)C(=O)N[C@@H](CCCN=C(N)N)C(=O)N[C@H](C(N)=O)[C@@H](C)O. The molecule has 31 N–H and O–H groups in total. The highest BCUT2D eigenvalue weighted by molar-refractivity contribution is 5.98. The molecule has 1 aliphatic rings. The minimum absolute atomic E-state index is 0.000777. The molecule has 0 aromatic carbocycles. The van der Waals surface area contributed by atoms with Crippen LogP contribution in [-0.4, -0.2) is 199 Å². The van der Waals surface area contributed by atoms with E-state index in [1.807, 2.05) is 0 Å². The molecular weight excluding hydrogens is 1110 g/mol. The van der Waals surface area contributed by atoms with Crippen LogP contribution in [0.4, 0.5) is 0 Å². The maximum atomic E-state index is 14.5. The van der Waals surface area contributed by atoms with Gasteiger partial charge in [-0.2, -0.15) is 0 Å². The van der Waals surface area contributed by atoms with Crippen LogP contribution in [0.1, 0.15) is 124 Å². The number of rotatable bonds is 42. The van der Waals surface area contributed by atoms with Crippen molar-refractivity contribution in [2.75, 3.05) is 45.8 Å². The maximum Gasteiger partial charge on any atom is 0.243 e. The number of nitrogens with two attached hydrogens (primary N) is 11. The number of nitrogens with one attached hydrogen (secondary N) is 8. The number of aliphatic imine (C=N–C) groups is 4. The molecule has 35 nitrogen and oxygen atoms in total. The zero-order chi connectivity index (χ0) is 64.2. The lowest BCUT2D eigenvalue weighted by molar-refractivity contribution is -0.138. The van der Waals surface area contributed by atoms with Gasteiger partial charge in [0.25, 0.3) is 0 Å². The highest BCUT2D eigenvalue weighted by Gasteiger charge is 2.37. The van der Waals surface area contributed by atoms with Gasteiger partial charge in [-0.1, -0.05) is 0 Å². The lowest BCUT2D eigenvalue weighted by Crippen LogP contribution is -2.60. The molecule has 85 heavy (non-hydrogen) atoms. The largest absolute Gasteiger partial charge is 0.391 e. The molecule has 1 fully saturated rings. The van der Waals surface area contributed by atoms with E-state index in [2.05, 4.69) is 62.5 Å². The third-order valence-corrected chi connectivity index (χ3v) is 13.3. The van der Waals surface area contributed by atoms with E-state index in [1.165, 1.54) is 25.7 Å². The zero-order valence-corrected chi connectivity index (χ0v) is 49.2. The Labute approximate surface area is 495 Å². The number of carbonyl (C=O) groups excluding carboxylic acids is 10. The van der Waals surface area contributed by atoms with Gasteiger partial charge in [-0.15, -0.1) is 0 Å². The molecule has 35 heteroatoms. The minimum atomic E-state index is -1.53. The third kappa shape index (κ3) is 30.7. The summed E-state index contributed by atoms with van der Waals surface area (Å²) in [6.45, 7) is 4.83. The van der Waals surface area contributed by atoms with Crippen LogP contribution in [0.25, 0.3) is 0 Å². The summed E-state index contributed by atoms with van der Waals surface area (Å²) in [6.07, 6.45) is 1.01. The first-order chi connectivity index (χ1) is 40.1. The molecule has 1 rings (SSSR count). The van der Waals surface area contributed by atoms with Gasteiger partial charge in [0.15, 0.2) is 23.8 Å². The van der Waals surface area contributed by atoms with Gasteiger partial charge in [0, 0.05) is 39.6 Å². The van der Waals surface area contributed by atoms with Crippen LogP contribution < -0.4 is 106 Å². The van der Waals surface area contributed by atoms with Crippen molar-refractivity contribution in [2.24, 2.45) is 83.0 Å². The predicted octanol–water partition coefficient (Wildman–Crippen LogP) is -8.77. The summed E-state index contributed by atoms with van der Waals surface area (Å²) in [5.74, 6) is -8.89. The summed E-state index contributed by atoms with van der Waals surface area (Å²) < 4.78 is 0. The second-order valence-electron chi connectivity index (χ2n) is 20.5. The fourth-order valence-corrected chi connectivity index (χ4v) is 8.75. The molecule has 0 spiro atoms. The summed E-state index contributed by atoms with van der Waals surface area (Å²) in [4.78, 5) is 154. The van der Waals surface area contributed by atoms with Crippen molar-refractivity contribution >= 4 is 82.9 Å². The molecule has 482 valence electrons. The number of hydrogen-bond donors (Lipinski definition) is 20. The van der Waals surface area contributed by atoms with Gasteiger partial charge in [0.1, 0.15) is 54.4 Å². The molecule has 0 aromatic rings. The molecule has 10 atom stereocenters. The Balaban J connectivity index is 3.72. The zero-order valence-electron chi connectivity index (χ0n) is 49.2. The number of carbonyl (C=O) groups is 10. The predicted molar refractivity (Wildman–Crippen MR) is 318 cm³/mol. The third-order valence-electron chi connectivity index (χ3n) is 13.3. The lowest BCUT2D eigenvalue weighted by Gasteiger charge is -2.28. The van der Waals surface area contributed by atoms with Crippen molar-refractivity contribution in [2.45, 2.75) is 184 Å². The topological polar surface area (TPSA) is 626 Å². The van der Waals surface area contributed by atoms with Crippen molar-refractivity contribution in [3.05, 3.63) is 0 Å². The number of guanidine groups is 4. The van der Waals surface area contributed by atoms with Gasteiger partial charge < -0.3 is 116 Å². The highest BCUT2D eigenvalue weighted by atomic mass is 16.3. The van der Waals surface area contributed by atoms with Crippen LogP contribution in [-0.2, 0) is 47.9 Å². The van der Waals surface area contributed by atoms with Gasteiger partial charge in [0.2, 0.25) is 59.1 Å². The number of hydrogen-bond acceptors (Lipinski definition) is 17. The normalized spacial score (nSPS) is 15.8. The molecule has 0 aromatic heterocycles. The average Bonchev–Trinajstić information content (AvgIpc) is 4.24. The van der Waals surface area contributed by atoms with Crippen molar-refractivity contribution in [3.8, 4) is 0 Å². The Morgan fingerprint density at radius 2 is 0.741 bits per heavy atom. The maximum absolute atomic E-state index is 14.5. The highest BCUT2D eigenvalue weighted by Crippen LogP contribution is 2.18. The van der Waals surface area contributed by atoms with Gasteiger partial charge in [-0.3, -0.25) is 67.9 Å². The molecular formula is C50H96N24O11. The first-order valence-corrected chi connectivity index (χ1v) is 28.4. The molecule has 0 bridgehead atoms. The van der Waals surface area contributed by atoms with Crippen LogP contribution in [0.15, 0.2) is 20.0 Å². The standard InChI is InChI=1S/C50H96N24O11/c1-27(66-46(85)36-19-12-26-74(36)29(3)76)39(78)67-32(15-8-22-62-47(54)55)42(81)70-34(17-10-24-64-49(58)59)44(83)71-33(16-9-23-63-48(56)57)43(82)69-30(13-4-6-20-51)40(79)68-31(14-5-7-21-52)41(80)72-35(18-11-25-65-50(60)61)45(84)73-37(28(2)75)38(53)77/h27-28,30-37,75H,4-26,51-52H2,1-3H3,(H2,53,77)(H,66,85)(H,67,78)(H,68,79)(H,69,82)(H,70,81)(H,71,83)(H,72,80)(H,73,84)(H4,54,55,62)(H4,56,57,63)(H4,58,59,64)(H4,60,61,65)/t27-,28+,30-,31-,32-,33-,34-,35-,36-,37-/m0/s1. The summed E-state index contributed by atoms with van der Waals surface area (Å²) in [5, 5.41) is 31.0. The van der Waals surface area contributed by atoms with Crippen LogP contribution in [0, 0.1) is 0 Å². The van der Waals surface area contributed by atoms with Crippen LogP contribution >= 0.6 is 0 Å². The molecule has 0 aliphatic carbocycles. The Hall–Kier alpha value is -8.34. The summed E-state index contributed by atoms with van der Waals surface area (Å²) in [7, 11) is 0.